The Labute approximate surface area is 185 Å². The van der Waals surface area contributed by atoms with E-state index in [1.54, 1.807) is 13.2 Å². The van der Waals surface area contributed by atoms with Crippen molar-refractivity contribution < 1.29 is 37.3 Å². The normalized spacial score (nSPS) is 11.2. The van der Waals surface area contributed by atoms with E-state index < -0.39 is 19.2 Å². The quantitative estimate of drug-likeness (QED) is 0.208. The number of ketones is 1. The van der Waals surface area contributed by atoms with Gasteiger partial charge in [0, 0.05) is 43.3 Å². The number of aryl methyl sites for hydroxylation is 1. The first-order valence-corrected chi connectivity index (χ1v) is 9.93. The third-order valence-electron chi connectivity index (χ3n) is 4.77. The first-order chi connectivity index (χ1) is 15.3. The molecule has 174 valence electrons. The van der Waals surface area contributed by atoms with Crippen LogP contribution in [0.4, 0.5) is 8.78 Å². The molecule has 0 amide bonds. The van der Waals surface area contributed by atoms with Gasteiger partial charge in [0.15, 0.2) is 18.1 Å². The van der Waals surface area contributed by atoms with Crippen molar-refractivity contribution in [1.82, 2.24) is 4.57 Å². The number of hydrogen-bond acceptors (Lipinski definition) is 6. The number of carbonyl (C=O) groups is 2. The predicted octanol–water partition coefficient (Wildman–Crippen LogP) is 4.19. The van der Waals surface area contributed by atoms with E-state index in [4.69, 9.17) is 14.2 Å². The van der Waals surface area contributed by atoms with Gasteiger partial charge in [-0.15, -0.1) is 0 Å². The molecule has 0 radical (unpaired) electrons. The molecule has 0 saturated heterocycles. The van der Waals surface area contributed by atoms with Crippen LogP contribution in [0.15, 0.2) is 30.3 Å². The maximum absolute atomic E-state index is 12.5. The maximum Gasteiger partial charge on any atom is 0.387 e. The van der Waals surface area contributed by atoms with Crippen LogP contribution in [0.5, 0.6) is 11.5 Å². The molecule has 0 atom stereocenters. The first-order valence-electron chi connectivity index (χ1n) is 9.93. The van der Waals surface area contributed by atoms with Crippen molar-refractivity contribution in [3.8, 4) is 11.5 Å². The molecule has 7 nitrogen and oxygen atoms in total. The van der Waals surface area contributed by atoms with Crippen molar-refractivity contribution in [1.29, 1.82) is 0 Å². The number of nitrogens with zero attached hydrogens (tertiary/aromatic N) is 1. The van der Waals surface area contributed by atoms with Gasteiger partial charge in [-0.25, -0.2) is 4.79 Å². The lowest BCUT2D eigenvalue weighted by atomic mass is 10.1. The molecule has 1 aromatic heterocycles. The zero-order valence-corrected chi connectivity index (χ0v) is 18.5. The van der Waals surface area contributed by atoms with Crippen LogP contribution in [0.1, 0.15) is 33.7 Å². The smallest absolute Gasteiger partial charge is 0.387 e. The minimum atomic E-state index is -2.98. The number of hydrogen-bond donors (Lipinski definition) is 0. The number of rotatable bonds is 12. The van der Waals surface area contributed by atoms with Crippen LogP contribution in [0, 0.1) is 13.8 Å². The number of benzene rings is 1. The highest BCUT2D eigenvalue weighted by molar-refractivity contribution is 6.00. The van der Waals surface area contributed by atoms with Crippen LogP contribution in [-0.4, -0.2) is 50.4 Å². The summed E-state index contributed by atoms with van der Waals surface area (Å²) < 4.78 is 46.3. The van der Waals surface area contributed by atoms with E-state index in [2.05, 4.69) is 4.74 Å². The summed E-state index contributed by atoms with van der Waals surface area (Å²) in [4.78, 5) is 24.5. The number of ether oxygens (including phenoxy) is 4. The average Bonchev–Trinajstić information content (AvgIpc) is 3.04. The minimum absolute atomic E-state index is 0.0943. The van der Waals surface area contributed by atoms with Gasteiger partial charge in [-0.2, -0.15) is 8.78 Å². The summed E-state index contributed by atoms with van der Waals surface area (Å²) in [5.41, 5.74) is 2.78. The number of aromatic nitrogens is 1. The van der Waals surface area contributed by atoms with Gasteiger partial charge in [0.25, 0.3) is 0 Å². The summed E-state index contributed by atoms with van der Waals surface area (Å²) >= 11 is 0. The highest BCUT2D eigenvalue weighted by atomic mass is 19.3. The molecule has 2 aromatic rings. The van der Waals surface area contributed by atoms with E-state index in [0.29, 0.717) is 17.7 Å². The molecule has 0 saturated carbocycles. The van der Waals surface area contributed by atoms with E-state index in [9.17, 15) is 18.4 Å². The van der Waals surface area contributed by atoms with Crippen molar-refractivity contribution in [2.45, 2.75) is 33.4 Å². The number of alkyl halides is 2. The minimum Gasteiger partial charge on any atom is -0.493 e. The molecule has 0 aliphatic rings. The SMILES string of the molecule is COCCCn1c(C)cc(C(=O)COC(=O)/C=C/c2ccc(OC(F)F)c(OC)c2)c1C. The van der Waals surface area contributed by atoms with E-state index in [1.807, 2.05) is 18.4 Å². The fourth-order valence-corrected chi connectivity index (χ4v) is 3.20. The van der Waals surface area contributed by atoms with Crippen LogP contribution in [0.25, 0.3) is 6.08 Å². The predicted molar refractivity (Wildman–Crippen MR) is 114 cm³/mol. The Morgan fingerprint density at radius 3 is 2.53 bits per heavy atom. The van der Waals surface area contributed by atoms with Crippen LogP contribution in [-0.2, 0) is 20.8 Å². The summed E-state index contributed by atoms with van der Waals surface area (Å²) in [6.07, 6.45) is 3.38. The molecule has 32 heavy (non-hydrogen) atoms. The second-order valence-corrected chi connectivity index (χ2v) is 6.94. The van der Waals surface area contributed by atoms with Gasteiger partial charge in [0.05, 0.1) is 7.11 Å². The standard InChI is InChI=1S/C23H27F2NO6/c1-15-12-18(16(2)26(15)10-5-11-29-3)19(27)14-31-22(28)9-7-17-6-8-20(32-23(24)25)21(13-17)30-4/h6-9,12-13,23H,5,10-11,14H2,1-4H3/b9-7+. The Morgan fingerprint density at radius 1 is 1.12 bits per heavy atom. The number of carbonyl (C=O) groups excluding carboxylic acids is 2. The summed E-state index contributed by atoms with van der Waals surface area (Å²) in [7, 11) is 2.95. The second-order valence-electron chi connectivity index (χ2n) is 6.94. The van der Waals surface area contributed by atoms with Crippen molar-refractivity contribution in [3.05, 3.63) is 52.9 Å². The van der Waals surface area contributed by atoms with Crippen LogP contribution in [0.3, 0.4) is 0 Å². The molecule has 0 spiro atoms. The van der Waals surface area contributed by atoms with E-state index in [1.165, 1.54) is 31.4 Å². The summed E-state index contributed by atoms with van der Waals surface area (Å²) in [5, 5.41) is 0. The zero-order valence-electron chi connectivity index (χ0n) is 18.5. The van der Waals surface area contributed by atoms with Crippen molar-refractivity contribution in [2.75, 3.05) is 27.4 Å². The van der Waals surface area contributed by atoms with Crippen molar-refractivity contribution in [2.24, 2.45) is 0 Å². The Morgan fingerprint density at radius 2 is 1.88 bits per heavy atom. The van der Waals surface area contributed by atoms with Gasteiger partial charge in [0.2, 0.25) is 5.78 Å². The highest BCUT2D eigenvalue weighted by Crippen LogP contribution is 2.29. The molecule has 0 N–H and O–H groups in total. The Hall–Kier alpha value is -3.20. The van der Waals surface area contributed by atoms with Gasteiger partial charge < -0.3 is 23.5 Å². The molecule has 1 aromatic carbocycles. The molecule has 0 bridgehead atoms. The second kappa shape index (κ2) is 12.0. The Kier molecular flexibility index (Phi) is 9.39. The van der Waals surface area contributed by atoms with Crippen LogP contribution < -0.4 is 9.47 Å². The number of methoxy groups -OCH3 is 2. The molecule has 0 fully saturated rings. The Bertz CT molecular complexity index is 968. The van der Waals surface area contributed by atoms with Gasteiger partial charge in [-0.1, -0.05) is 6.07 Å². The third kappa shape index (κ3) is 6.91. The van der Waals surface area contributed by atoms with E-state index >= 15 is 0 Å². The summed E-state index contributed by atoms with van der Waals surface area (Å²) in [5.74, 6) is -1.03. The van der Waals surface area contributed by atoms with Gasteiger partial charge in [-0.05, 0) is 50.1 Å². The van der Waals surface area contributed by atoms with Gasteiger partial charge in [-0.3, -0.25) is 4.79 Å². The average molecular weight is 451 g/mol. The molecule has 0 aliphatic carbocycles. The van der Waals surface area contributed by atoms with Crippen molar-refractivity contribution in [3.63, 3.8) is 0 Å². The van der Waals surface area contributed by atoms with Crippen molar-refractivity contribution >= 4 is 17.8 Å². The Balaban J connectivity index is 1.96. The molecular weight excluding hydrogens is 424 g/mol. The lowest BCUT2D eigenvalue weighted by molar-refractivity contribution is -0.136. The lowest BCUT2D eigenvalue weighted by Gasteiger charge is -2.10. The highest BCUT2D eigenvalue weighted by Gasteiger charge is 2.17. The topological polar surface area (TPSA) is 76.0 Å². The van der Waals surface area contributed by atoms with Gasteiger partial charge >= 0.3 is 12.6 Å². The number of halogens is 2. The molecular formula is C23H27F2NO6. The van der Waals surface area contributed by atoms with Crippen LogP contribution >= 0.6 is 0 Å². The largest absolute Gasteiger partial charge is 0.493 e. The number of Topliss-reactive ketones (excluding diaryl/α,β-unsaturated/α-hetero) is 1. The zero-order chi connectivity index (χ0) is 23.7. The van der Waals surface area contributed by atoms with Crippen LogP contribution in [0.2, 0.25) is 0 Å². The van der Waals surface area contributed by atoms with Gasteiger partial charge in [0.1, 0.15) is 0 Å². The number of esters is 1. The molecule has 2 rings (SSSR count). The van der Waals surface area contributed by atoms with E-state index in [-0.39, 0.29) is 17.3 Å². The molecule has 0 aliphatic heterocycles. The first kappa shape index (κ1) is 25.1. The monoisotopic (exact) mass is 451 g/mol. The maximum atomic E-state index is 12.5. The summed E-state index contributed by atoms with van der Waals surface area (Å²) in [6.45, 7) is 1.74. The third-order valence-corrected chi connectivity index (χ3v) is 4.77. The molecule has 9 heteroatoms. The molecule has 0 unspecified atom stereocenters. The lowest BCUT2D eigenvalue weighted by Crippen LogP contribution is -2.14. The fraction of sp³-hybridized carbons (Fsp3) is 0.391. The molecule has 1 heterocycles. The van der Waals surface area contributed by atoms with E-state index in [0.717, 1.165) is 30.4 Å². The fourth-order valence-electron chi connectivity index (χ4n) is 3.20. The summed E-state index contributed by atoms with van der Waals surface area (Å²) in [6, 6.07) is 6.00.